The number of carbonyl (C=O) groups excluding carboxylic acids is 2. The number of pyridine rings is 2. The third-order valence-electron chi connectivity index (χ3n) is 5.91. The zero-order valence-electron chi connectivity index (χ0n) is 16.6. The van der Waals surface area contributed by atoms with E-state index in [1.165, 1.54) is 11.0 Å². The second kappa shape index (κ2) is 6.84. The van der Waals surface area contributed by atoms with Crippen molar-refractivity contribution in [3.8, 4) is 0 Å². The smallest absolute Gasteiger partial charge is 0.330 e. The van der Waals surface area contributed by atoms with Gasteiger partial charge in [0.2, 0.25) is 0 Å². The van der Waals surface area contributed by atoms with Crippen LogP contribution in [-0.4, -0.2) is 64.6 Å². The number of nitrogens with zero attached hydrogens (tertiary/aromatic N) is 5. The third kappa shape index (κ3) is 3.34. The summed E-state index contributed by atoms with van der Waals surface area (Å²) < 4.78 is 27.2. The molecule has 0 spiro atoms. The molecule has 0 aliphatic carbocycles. The first-order chi connectivity index (χ1) is 14.8. The van der Waals surface area contributed by atoms with Crippen molar-refractivity contribution < 1.29 is 18.4 Å². The summed E-state index contributed by atoms with van der Waals surface area (Å²) in [4.78, 5) is 39.0. The van der Waals surface area contributed by atoms with E-state index in [-0.39, 0.29) is 24.5 Å². The van der Waals surface area contributed by atoms with Crippen molar-refractivity contribution >= 4 is 29.3 Å². The number of nitrogens with one attached hydrogen (secondary N) is 1. The van der Waals surface area contributed by atoms with Crippen LogP contribution in [0.5, 0.6) is 0 Å². The fraction of sp³-hybridized carbons (Fsp3) is 0.400. The highest BCUT2D eigenvalue weighted by atomic mass is 19.3. The average Bonchev–Trinajstić information content (AvgIpc) is 3.28. The van der Waals surface area contributed by atoms with Crippen LogP contribution in [0.1, 0.15) is 23.3 Å². The first-order valence-corrected chi connectivity index (χ1v) is 10.0. The Morgan fingerprint density at radius 3 is 2.65 bits per heavy atom. The highest BCUT2D eigenvalue weighted by Gasteiger charge is 2.50. The van der Waals surface area contributed by atoms with E-state index in [2.05, 4.69) is 15.3 Å². The summed E-state index contributed by atoms with van der Waals surface area (Å²) >= 11 is 0. The predicted molar refractivity (Wildman–Crippen MR) is 109 cm³/mol. The van der Waals surface area contributed by atoms with Gasteiger partial charge in [-0.05, 0) is 24.3 Å². The van der Waals surface area contributed by atoms with E-state index in [1.807, 2.05) is 4.90 Å². The maximum Gasteiger partial charge on any atom is 0.330 e. The number of carbonyl (C=O) groups is 2. The molecular formula is C20H21F2N7O2. The summed E-state index contributed by atoms with van der Waals surface area (Å²) in [7, 11) is 0. The molecule has 0 radical (unpaired) electrons. The molecule has 3 amide bonds. The summed E-state index contributed by atoms with van der Waals surface area (Å²) in [6.07, 6.45) is 1.69. The van der Waals surface area contributed by atoms with Gasteiger partial charge in [-0.25, -0.2) is 23.5 Å². The van der Waals surface area contributed by atoms with Crippen molar-refractivity contribution in [3.63, 3.8) is 0 Å². The van der Waals surface area contributed by atoms with E-state index in [0.29, 0.717) is 31.0 Å². The normalized spacial score (nSPS) is 23.6. The Bertz CT molecular complexity index is 1050. The quantitative estimate of drug-likeness (QED) is 0.755. The molecule has 5 heterocycles. The second-order valence-electron chi connectivity index (χ2n) is 8.13. The van der Waals surface area contributed by atoms with Crippen LogP contribution in [0.3, 0.4) is 0 Å². The van der Waals surface area contributed by atoms with Gasteiger partial charge in [0.15, 0.2) is 5.82 Å². The molecule has 2 bridgehead atoms. The van der Waals surface area contributed by atoms with E-state index in [0.717, 1.165) is 4.90 Å². The number of fused-ring (bicyclic) bond motifs is 4. The van der Waals surface area contributed by atoms with Crippen LogP contribution < -0.4 is 20.9 Å². The lowest BCUT2D eigenvalue weighted by molar-refractivity contribution is 0.0119. The van der Waals surface area contributed by atoms with Crippen molar-refractivity contribution in [1.29, 1.82) is 0 Å². The number of nitrogens with two attached hydrogens (primary N) is 1. The number of aromatic nitrogens is 2. The number of hydrogen-bond acceptors (Lipinski definition) is 6. The lowest BCUT2D eigenvalue weighted by Gasteiger charge is -2.42. The summed E-state index contributed by atoms with van der Waals surface area (Å²) in [6.45, 7) is 0.371. The number of anilines is 3. The van der Waals surface area contributed by atoms with Gasteiger partial charge < -0.3 is 15.5 Å². The number of alkyl halides is 2. The molecule has 31 heavy (non-hydrogen) atoms. The van der Waals surface area contributed by atoms with Crippen LogP contribution in [0.25, 0.3) is 0 Å². The fourth-order valence-corrected chi connectivity index (χ4v) is 4.36. The zero-order valence-corrected chi connectivity index (χ0v) is 16.6. The van der Waals surface area contributed by atoms with Crippen LogP contribution in [0.2, 0.25) is 0 Å². The minimum atomic E-state index is -2.90. The summed E-state index contributed by atoms with van der Waals surface area (Å²) in [6, 6.07) is 7.79. The second-order valence-corrected chi connectivity index (χ2v) is 8.13. The topological polar surface area (TPSA) is 108 Å². The van der Waals surface area contributed by atoms with Gasteiger partial charge in [0.05, 0.1) is 18.8 Å². The molecule has 3 N–H and O–H groups in total. The number of urea groups is 1. The molecule has 2 aromatic rings. The highest BCUT2D eigenvalue weighted by molar-refractivity contribution is 6.05. The minimum absolute atomic E-state index is 0.00168. The molecule has 2 aromatic heterocycles. The lowest BCUT2D eigenvalue weighted by atomic mass is 10.1. The Labute approximate surface area is 176 Å². The Morgan fingerprint density at radius 1 is 1.10 bits per heavy atom. The van der Waals surface area contributed by atoms with Crippen LogP contribution in [-0.2, 0) is 0 Å². The maximum absolute atomic E-state index is 13.6. The van der Waals surface area contributed by atoms with Gasteiger partial charge in [-0.15, -0.1) is 0 Å². The Kier molecular flexibility index (Phi) is 4.33. The molecule has 0 saturated carbocycles. The monoisotopic (exact) mass is 429 g/mol. The van der Waals surface area contributed by atoms with Crippen molar-refractivity contribution in [3.05, 3.63) is 42.2 Å². The van der Waals surface area contributed by atoms with Gasteiger partial charge in [-0.3, -0.25) is 15.0 Å². The molecule has 5 rings (SSSR count). The Balaban J connectivity index is 1.50. The van der Waals surface area contributed by atoms with Gasteiger partial charge in [0, 0.05) is 32.1 Å². The van der Waals surface area contributed by atoms with E-state index < -0.39 is 30.1 Å². The number of likely N-dealkylation sites (tertiary alicyclic amines) is 1. The Morgan fingerprint density at radius 2 is 1.94 bits per heavy atom. The number of amides is 3. The fourth-order valence-electron chi connectivity index (χ4n) is 4.36. The van der Waals surface area contributed by atoms with Crippen LogP contribution >= 0.6 is 0 Å². The average molecular weight is 429 g/mol. The predicted octanol–water partition coefficient (Wildman–Crippen LogP) is 1.87. The molecule has 1 atom stereocenters. The van der Waals surface area contributed by atoms with Crippen molar-refractivity contribution in [2.45, 2.75) is 24.4 Å². The number of halogens is 2. The van der Waals surface area contributed by atoms with Crippen LogP contribution in [0.15, 0.2) is 36.5 Å². The molecule has 0 unspecified atom stereocenters. The lowest BCUT2D eigenvalue weighted by Crippen LogP contribution is -2.63. The third-order valence-corrected chi connectivity index (χ3v) is 5.91. The first-order valence-electron chi connectivity index (χ1n) is 10.0. The van der Waals surface area contributed by atoms with E-state index in [9.17, 15) is 18.4 Å². The number of hydrogen-bond donors (Lipinski definition) is 2. The standard InChI is InChI=1S/C20H21F2N7O2/c21-19(22)6-9-28(11-19)17(30)13-4-5-14-16(25-13)29(20(23)7-10-27(14)12-20)18(31)26-15-3-1-2-8-24-15/h1-5,8H,6-7,9-12,23H2,(H,24,26,31)/t20-/m0/s1. The van der Waals surface area contributed by atoms with Gasteiger partial charge in [-0.1, -0.05) is 6.07 Å². The first kappa shape index (κ1) is 19.6. The molecule has 162 valence electrons. The van der Waals surface area contributed by atoms with Crippen LogP contribution in [0.4, 0.5) is 30.9 Å². The molecule has 2 saturated heterocycles. The molecule has 11 heteroatoms. The van der Waals surface area contributed by atoms with E-state index in [1.54, 1.807) is 30.5 Å². The van der Waals surface area contributed by atoms with Gasteiger partial charge in [0.1, 0.15) is 17.2 Å². The molecule has 3 aliphatic rings. The van der Waals surface area contributed by atoms with E-state index >= 15 is 0 Å². The zero-order chi connectivity index (χ0) is 21.8. The van der Waals surface area contributed by atoms with Crippen molar-refractivity contribution in [1.82, 2.24) is 14.9 Å². The SMILES string of the molecule is N[C@]12CCN(C1)c1ccc(C(=O)N3CCC(F)(F)C3)nc1N2C(=O)Nc1ccccn1. The van der Waals surface area contributed by atoms with Gasteiger partial charge in [-0.2, -0.15) is 0 Å². The van der Waals surface area contributed by atoms with Gasteiger partial charge in [0.25, 0.3) is 11.8 Å². The van der Waals surface area contributed by atoms with Crippen LogP contribution in [0, 0.1) is 0 Å². The molecular weight excluding hydrogens is 408 g/mol. The molecule has 9 nitrogen and oxygen atoms in total. The highest BCUT2D eigenvalue weighted by Crippen LogP contribution is 2.42. The molecule has 0 aromatic carbocycles. The summed E-state index contributed by atoms with van der Waals surface area (Å²) in [5.41, 5.74) is 6.22. The minimum Gasteiger partial charge on any atom is -0.365 e. The van der Waals surface area contributed by atoms with Gasteiger partial charge >= 0.3 is 6.03 Å². The number of rotatable bonds is 2. The van der Waals surface area contributed by atoms with Crippen molar-refractivity contribution in [2.24, 2.45) is 5.73 Å². The molecule has 3 aliphatic heterocycles. The van der Waals surface area contributed by atoms with Crippen molar-refractivity contribution in [2.75, 3.05) is 41.3 Å². The van der Waals surface area contributed by atoms with E-state index in [4.69, 9.17) is 5.73 Å². The maximum atomic E-state index is 13.6. The molecule has 2 fully saturated rings. The summed E-state index contributed by atoms with van der Waals surface area (Å²) in [5.74, 6) is -2.91. The largest absolute Gasteiger partial charge is 0.365 e. The summed E-state index contributed by atoms with van der Waals surface area (Å²) in [5, 5.41) is 2.72. The Hall–Kier alpha value is -3.34.